The minimum atomic E-state index is -0.880. The fraction of sp³-hybridized carbons (Fsp3) is 0.133. The molecule has 2 aromatic rings. The molecule has 0 saturated carbocycles. The van der Waals surface area contributed by atoms with Gasteiger partial charge >= 0.3 is 6.03 Å². The van der Waals surface area contributed by atoms with Gasteiger partial charge in [-0.15, -0.1) is 0 Å². The number of carbonyl (C=O) groups excluding carboxylic acids is 1. The molecule has 0 saturated heterocycles. The quantitative estimate of drug-likeness (QED) is 0.811. The summed E-state index contributed by atoms with van der Waals surface area (Å²) in [6.45, 7) is -0.0488. The third-order valence-electron chi connectivity index (χ3n) is 2.82. The summed E-state index contributed by atoms with van der Waals surface area (Å²) in [4.78, 5) is 11.6. The molecule has 6 heteroatoms. The number of aliphatic hydroxyl groups is 1. The monoisotopic (exact) mass is 292 g/mol. The predicted octanol–water partition coefficient (Wildman–Crippen LogP) is 2.82. The van der Waals surface area contributed by atoms with Gasteiger partial charge in [-0.25, -0.2) is 13.6 Å². The molecule has 110 valence electrons. The number of urea groups is 1. The van der Waals surface area contributed by atoms with Crippen LogP contribution in [0.25, 0.3) is 0 Å². The zero-order chi connectivity index (χ0) is 15.2. The first-order valence-electron chi connectivity index (χ1n) is 6.29. The number of amides is 2. The van der Waals surface area contributed by atoms with Gasteiger partial charge in [0.05, 0.1) is 11.8 Å². The molecule has 0 aromatic heterocycles. The van der Waals surface area contributed by atoms with Crippen LogP contribution in [0.3, 0.4) is 0 Å². The van der Waals surface area contributed by atoms with E-state index in [-0.39, 0.29) is 12.2 Å². The lowest BCUT2D eigenvalue weighted by Crippen LogP contribution is -2.32. The summed E-state index contributed by atoms with van der Waals surface area (Å²) in [6, 6.07) is 10.8. The van der Waals surface area contributed by atoms with Crippen molar-refractivity contribution >= 4 is 11.7 Å². The van der Waals surface area contributed by atoms with Gasteiger partial charge in [0.15, 0.2) is 0 Å². The van der Waals surface area contributed by atoms with Crippen molar-refractivity contribution in [3.05, 3.63) is 65.7 Å². The number of halogens is 2. The molecule has 2 amide bonds. The zero-order valence-corrected chi connectivity index (χ0v) is 11.0. The first kappa shape index (κ1) is 14.9. The Hall–Kier alpha value is -2.47. The first-order valence-corrected chi connectivity index (χ1v) is 6.29. The number of hydrogen-bond donors (Lipinski definition) is 3. The van der Waals surface area contributed by atoms with Crippen molar-refractivity contribution in [3.63, 3.8) is 0 Å². The highest BCUT2D eigenvalue weighted by Gasteiger charge is 2.11. The fourth-order valence-corrected chi connectivity index (χ4v) is 1.74. The van der Waals surface area contributed by atoms with Crippen molar-refractivity contribution in [2.45, 2.75) is 6.10 Å². The molecule has 0 aliphatic rings. The maximum Gasteiger partial charge on any atom is 0.319 e. The number of aliphatic hydroxyl groups excluding tert-OH is 1. The second-order valence-electron chi connectivity index (χ2n) is 4.39. The van der Waals surface area contributed by atoms with Crippen LogP contribution in [0, 0.1) is 11.6 Å². The van der Waals surface area contributed by atoms with Crippen molar-refractivity contribution in [1.82, 2.24) is 5.32 Å². The summed E-state index contributed by atoms with van der Waals surface area (Å²) in [5, 5.41) is 14.4. The van der Waals surface area contributed by atoms with E-state index in [1.54, 1.807) is 24.3 Å². The lowest BCUT2D eigenvalue weighted by molar-refractivity contribution is 0.175. The predicted molar refractivity (Wildman–Crippen MR) is 74.8 cm³/mol. The Labute approximate surface area is 120 Å². The molecule has 0 aliphatic carbocycles. The second-order valence-corrected chi connectivity index (χ2v) is 4.39. The van der Waals surface area contributed by atoms with E-state index < -0.39 is 23.8 Å². The third kappa shape index (κ3) is 4.25. The molecule has 4 nitrogen and oxygen atoms in total. The normalized spacial score (nSPS) is 11.8. The van der Waals surface area contributed by atoms with Gasteiger partial charge in [-0.2, -0.15) is 0 Å². The largest absolute Gasteiger partial charge is 0.387 e. The molecule has 2 aromatic carbocycles. The topological polar surface area (TPSA) is 61.4 Å². The molecule has 3 N–H and O–H groups in total. The average molecular weight is 292 g/mol. The van der Waals surface area contributed by atoms with E-state index in [1.165, 1.54) is 0 Å². The van der Waals surface area contributed by atoms with Crippen LogP contribution in [0.1, 0.15) is 11.7 Å². The Balaban J connectivity index is 1.89. The van der Waals surface area contributed by atoms with Crippen LogP contribution in [0.2, 0.25) is 0 Å². The Bertz CT molecular complexity index is 620. The molecule has 0 aliphatic heterocycles. The number of nitrogens with one attached hydrogen (secondary N) is 2. The smallest absolute Gasteiger partial charge is 0.319 e. The maximum absolute atomic E-state index is 13.3. The molecule has 0 spiro atoms. The Morgan fingerprint density at radius 3 is 2.57 bits per heavy atom. The Morgan fingerprint density at radius 2 is 1.86 bits per heavy atom. The third-order valence-corrected chi connectivity index (χ3v) is 2.82. The standard InChI is InChI=1S/C15H14F2N2O2/c16-11-6-7-12(17)13(8-11)19-15(21)18-9-14(20)10-4-2-1-3-5-10/h1-8,14,20H,9H2,(H2,18,19,21)/t14-/m1/s1. The SMILES string of the molecule is O=C(NC[C@@H](O)c1ccccc1)Nc1cc(F)ccc1F. The lowest BCUT2D eigenvalue weighted by Gasteiger charge is -2.13. The van der Waals surface area contributed by atoms with E-state index in [2.05, 4.69) is 10.6 Å². The summed E-state index contributed by atoms with van der Waals surface area (Å²) < 4.78 is 26.3. The van der Waals surface area contributed by atoms with Crippen LogP contribution in [0.15, 0.2) is 48.5 Å². The van der Waals surface area contributed by atoms with Crippen LogP contribution >= 0.6 is 0 Å². The molecule has 0 unspecified atom stereocenters. The van der Waals surface area contributed by atoms with E-state index in [9.17, 15) is 18.7 Å². The van der Waals surface area contributed by atoms with Crippen LogP contribution in [-0.4, -0.2) is 17.7 Å². The molecule has 21 heavy (non-hydrogen) atoms. The van der Waals surface area contributed by atoms with Crippen molar-refractivity contribution in [2.75, 3.05) is 11.9 Å². The minimum Gasteiger partial charge on any atom is -0.387 e. The van der Waals surface area contributed by atoms with Gasteiger partial charge < -0.3 is 15.7 Å². The van der Waals surface area contributed by atoms with E-state index in [0.29, 0.717) is 5.56 Å². The summed E-state index contributed by atoms with van der Waals surface area (Å²) >= 11 is 0. The van der Waals surface area contributed by atoms with E-state index in [0.717, 1.165) is 18.2 Å². The molecular weight excluding hydrogens is 278 g/mol. The average Bonchev–Trinajstić information content (AvgIpc) is 2.49. The highest BCUT2D eigenvalue weighted by atomic mass is 19.1. The van der Waals surface area contributed by atoms with Gasteiger partial charge in [-0.3, -0.25) is 0 Å². The van der Waals surface area contributed by atoms with Gasteiger partial charge in [0.1, 0.15) is 11.6 Å². The molecule has 0 fully saturated rings. The molecule has 0 bridgehead atoms. The van der Waals surface area contributed by atoms with Gasteiger partial charge in [-0.1, -0.05) is 30.3 Å². The molecule has 1 atom stereocenters. The number of benzene rings is 2. The molecule has 0 radical (unpaired) electrons. The summed E-state index contributed by atoms with van der Waals surface area (Å²) in [6.07, 6.45) is -0.880. The van der Waals surface area contributed by atoms with E-state index in [1.807, 2.05) is 6.07 Å². The number of hydrogen-bond acceptors (Lipinski definition) is 2. The van der Waals surface area contributed by atoms with Crippen molar-refractivity contribution in [1.29, 1.82) is 0 Å². The molecule has 0 heterocycles. The van der Waals surface area contributed by atoms with Crippen LogP contribution < -0.4 is 10.6 Å². The number of rotatable bonds is 4. The Kier molecular flexibility index (Phi) is 4.84. The zero-order valence-electron chi connectivity index (χ0n) is 11.0. The fourth-order valence-electron chi connectivity index (χ4n) is 1.74. The van der Waals surface area contributed by atoms with E-state index in [4.69, 9.17) is 0 Å². The van der Waals surface area contributed by atoms with E-state index >= 15 is 0 Å². The molecule has 2 rings (SSSR count). The maximum atomic E-state index is 13.3. The minimum absolute atomic E-state index is 0.0488. The van der Waals surface area contributed by atoms with Crippen molar-refractivity contribution in [2.24, 2.45) is 0 Å². The van der Waals surface area contributed by atoms with Gasteiger partial charge in [0.25, 0.3) is 0 Å². The van der Waals surface area contributed by atoms with Crippen molar-refractivity contribution in [3.8, 4) is 0 Å². The van der Waals surface area contributed by atoms with Gasteiger partial charge in [0, 0.05) is 12.6 Å². The highest BCUT2D eigenvalue weighted by molar-refractivity contribution is 5.89. The Morgan fingerprint density at radius 1 is 1.14 bits per heavy atom. The summed E-state index contributed by atoms with van der Waals surface area (Å²) in [5.41, 5.74) is 0.386. The number of carbonyl (C=O) groups is 1. The summed E-state index contributed by atoms with van der Waals surface area (Å²) in [7, 11) is 0. The summed E-state index contributed by atoms with van der Waals surface area (Å²) in [5.74, 6) is -1.40. The lowest BCUT2D eigenvalue weighted by atomic mass is 10.1. The van der Waals surface area contributed by atoms with Gasteiger partial charge in [0.2, 0.25) is 0 Å². The van der Waals surface area contributed by atoms with Crippen LogP contribution in [0.4, 0.5) is 19.3 Å². The van der Waals surface area contributed by atoms with Crippen LogP contribution in [-0.2, 0) is 0 Å². The van der Waals surface area contributed by atoms with Crippen LogP contribution in [0.5, 0.6) is 0 Å². The van der Waals surface area contributed by atoms with Gasteiger partial charge in [-0.05, 0) is 17.7 Å². The molecular formula is C15H14F2N2O2. The first-order chi connectivity index (χ1) is 10.1. The highest BCUT2D eigenvalue weighted by Crippen LogP contribution is 2.15. The van der Waals surface area contributed by atoms with Crippen molar-refractivity contribution < 1.29 is 18.7 Å². The number of anilines is 1. The second kappa shape index (κ2) is 6.81.